The van der Waals surface area contributed by atoms with Crippen molar-refractivity contribution in [1.29, 1.82) is 0 Å². The Balaban J connectivity index is 2.56. The molecule has 2 N–H and O–H groups in total. The average Bonchev–Trinajstić information content (AvgIpc) is 2.31. The minimum absolute atomic E-state index is 0.208. The Labute approximate surface area is 117 Å². The third-order valence-electron chi connectivity index (χ3n) is 2.33. The molecule has 1 aromatic rings. The van der Waals surface area contributed by atoms with Crippen LogP contribution in [0.15, 0.2) is 18.2 Å². The van der Waals surface area contributed by atoms with Crippen molar-refractivity contribution in [3.63, 3.8) is 0 Å². The van der Waals surface area contributed by atoms with Crippen LogP contribution in [0.25, 0.3) is 0 Å². The van der Waals surface area contributed by atoms with Crippen molar-refractivity contribution in [1.82, 2.24) is 5.32 Å². The number of aliphatic hydroxyl groups excluding tert-OH is 1. The van der Waals surface area contributed by atoms with E-state index in [1.807, 2.05) is 0 Å². The van der Waals surface area contributed by atoms with Crippen molar-refractivity contribution < 1.29 is 22.7 Å². The Morgan fingerprint density at radius 3 is 2.47 bits per heavy atom. The molecule has 0 fully saturated rings. The van der Waals surface area contributed by atoms with Gasteiger partial charge in [-0.2, -0.15) is 8.78 Å². The molecule has 0 radical (unpaired) electrons. The van der Waals surface area contributed by atoms with Gasteiger partial charge in [0.2, 0.25) is 0 Å². The predicted molar refractivity (Wildman–Crippen MR) is 65.2 cm³/mol. The second kappa shape index (κ2) is 6.74. The number of hydrogen-bond donors (Lipinski definition) is 2. The second-order valence-corrected chi connectivity index (χ2v) is 4.72. The molecule has 0 spiro atoms. The lowest BCUT2D eigenvalue weighted by molar-refractivity contribution is -0.125. The Bertz CT molecular complexity index is 431. The van der Waals surface area contributed by atoms with Gasteiger partial charge in [0.15, 0.2) is 0 Å². The molecule has 0 aliphatic rings. The van der Waals surface area contributed by atoms with Crippen LogP contribution in [0.1, 0.15) is 11.7 Å². The summed E-state index contributed by atoms with van der Waals surface area (Å²) in [4.78, 5) is 0. The number of rotatable bonds is 6. The number of aliphatic hydroxyl groups is 1. The lowest BCUT2D eigenvalue weighted by atomic mass is 10.1. The highest BCUT2D eigenvalue weighted by Crippen LogP contribution is 2.26. The van der Waals surface area contributed by atoms with Gasteiger partial charge in [-0.15, -0.1) is 0 Å². The molecule has 1 unspecified atom stereocenters. The lowest BCUT2D eigenvalue weighted by Gasteiger charge is -2.18. The van der Waals surface area contributed by atoms with Gasteiger partial charge in [0, 0.05) is 22.2 Å². The van der Waals surface area contributed by atoms with E-state index in [9.17, 15) is 22.7 Å². The first-order valence-corrected chi connectivity index (χ1v) is 5.99. The SMILES string of the molecule is OC(CNCC(F)(F)C(F)F)c1cc(Cl)ccc1Cl. The molecule has 2 nitrogen and oxygen atoms in total. The zero-order chi connectivity index (χ0) is 14.6. The summed E-state index contributed by atoms with van der Waals surface area (Å²) in [6.45, 7) is -1.58. The molecule has 0 bridgehead atoms. The van der Waals surface area contributed by atoms with Gasteiger partial charge in [0.05, 0.1) is 12.6 Å². The predicted octanol–water partition coefficient (Wildman–Crippen LogP) is 3.52. The molecule has 19 heavy (non-hydrogen) atoms. The molecule has 108 valence electrons. The van der Waals surface area contributed by atoms with Gasteiger partial charge in [-0.05, 0) is 18.2 Å². The Morgan fingerprint density at radius 2 is 1.89 bits per heavy atom. The fraction of sp³-hybridized carbons (Fsp3) is 0.455. The van der Waals surface area contributed by atoms with E-state index in [4.69, 9.17) is 23.2 Å². The second-order valence-electron chi connectivity index (χ2n) is 3.87. The highest BCUT2D eigenvalue weighted by molar-refractivity contribution is 6.33. The molecule has 1 rings (SSSR count). The topological polar surface area (TPSA) is 32.3 Å². The molecule has 0 amide bonds. The van der Waals surface area contributed by atoms with Crippen LogP contribution in [0.2, 0.25) is 10.0 Å². The van der Waals surface area contributed by atoms with Crippen LogP contribution >= 0.6 is 23.2 Å². The minimum atomic E-state index is -4.14. The van der Waals surface area contributed by atoms with Crippen LogP contribution in [0, 0.1) is 0 Å². The molecule has 0 aromatic heterocycles. The van der Waals surface area contributed by atoms with Gasteiger partial charge in [-0.1, -0.05) is 23.2 Å². The smallest absolute Gasteiger partial charge is 0.319 e. The normalized spacial score (nSPS) is 13.9. The first-order chi connectivity index (χ1) is 8.74. The molecule has 0 saturated carbocycles. The van der Waals surface area contributed by atoms with Crippen molar-refractivity contribution in [3.8, 4) is 0 Å². The van der Waals surface area contributed by atoms with E-state index in [0.29, 0.717) is 5.02 Å². The van der Waals surface area contributed by atoms with E-state index >= 15 is 0 Å². The van der Waals surface area contributed by atoms with E-state index in [-0.39, 0.29) is 17.1 Å². The van der Waals surface area contributed by atoms with Gasteiger partial charge >= 0.3 is 12.3 Å². The first-order valence-electron chi connectivity index (χ1n) is 5.23. The van der Waals surface area contributed by atoms with Gasteiger partial charge in [-0.25, -0.2) is 8.78 Å². The number of hydrogen-bond acceptors (Lipinski definition) is 2. The Kier molecular flexibility index (Phi) is 5.85. The van der Waals surface area contributed by atoms with Crippen molar-refractivity contribution >= 4 is 23.2 Å². The minimum Gasteiger partial charge on any atom is -0.387 e. The molecular weight excluding hydrogens is 309 g/mol. The maximum atomic E-state index is 12.6. The van der Waals surface area contributed by atoms with Crippen molar-refractivity contribution in [2.24, 2.45) is 0 Å². The summed E-state index contributed by atoms with van der Waals surface area (Å²) in [6.07, 6.45) is -4.98. The quantitative estimate of drug-likeness (QED) is 0.786. The van der Waals surface area contributed by atoms with Crippen molar-refractivity contribution in [3.05, 3.63) is 33.8 Å². The van der Waals surface area contributed by atoms with E-state index in [0.717, 1.165) is 0 Å². The van der Waals surface area contributed by atoms with Gasteiger partial charge in [0.1, 0.15) is 0 Å². The summed E-state index contributed by atoms with van der Waals surface area (Å²) in [5.41, 5.74) is 0.238. The third kappa shape index (κ3) is 4.80. The summed E-state index contributed by atoms with van der Waals surface area (Å²) in [5.74, 6) is -4.14. The summed E-state index contributed by atoms with van der Waals surface area (Å²) < 4.78 is 49.0. The zero-order valence-electron chi connectivity index (χ0n) is 9.52. The number of halogens is 6. The van der Waals surface area contributed by atoms with Gasteiger partial charge in [0.25, 0.3) is 0 Å². The van der Waals surface area contributed by atoms with Crippen molar-refractivity contribution in [2.45, 2.75) is 18.5 Å². The van der Waals surface area contributed by atoms with E-state index < -0.39 is 25.0 Å². The number of alkyl halides is 4. The molecule has 0 aliphatic heterocycles. The van der Waals surface area contributed by atoms with Gasteiger partial charge < -0.3 is 10.4 Å². The van der Waals surface area contributed by atoms with Crippen molar-refractivity contribution in [2.75, 3.05) is 13.1 Å². The van der Waals surface area contributed by atoms with Crippen LogP contribution in [-0.2, 0) is 0 Å². The number of nitrogens with one attached hydrogen (secondary N) is 1. The molecule has 8 heteroatoms. The fourth-order valence-electron chi connectivity index (χ4n) is 1.33. The summed E-state index contributed by atoms with van der Waals surface area (Å²) >= 11 is 11.5. The molecule has 1 atom stereocenters. The summed E-state index contributed by atoms with van der Waals surface area (Å²) in [5, 5.41) is 12.3. The lowest BCUT2D eigenvalue weighted by Crippen LogP contribution is -2.40. The van der Waals surface area contributed by atoms with Crippen LogP contribution < -0.4 is 5.32 Å². The monoisotopic (exact) mass is 319 g/mol. The molecule has 0 heterocycles. The first kappa shape index (κ1) is 16.5. The highest BCUT2D eigenvalue weighted by atomic mass is 35.5. The van der Waals surface area contributed by atoms with E-state index in [1.165, 1.54) is 18.2 Å². The van der Waals surface area contributed by atoms with Crippen LogP contribution in [0.3, 0.4) is 0 Å². The van der Waals surface area contributed by atoms with Crippen LogP contribution in [-0.4, -0.2) is 30.5 Å². The molecule has 0 aliphatic carbocycles. The largest absolute Gasteiger partial charge is 0.387 e. The molecular formula is C11H11Cl2F4NO. The third-order valence-corrected chi connectivity index (χ3v) is 2.91. The van der Waals surface area contributed by atoms with E-state index in [2.05, 4.69) is 5.32 Å². The van der Waals surface area contributed by atoms with E-state index in [1.54, 1.807) is 0 Å². The zero-order valence-corrected chi connectivity index (χ0v) is 11.0. The van der Waals surface area contributed by atoms with Crippen LogP contribution in [0.5, 0.6) is 0 Å². The average molecular weight is 320 g/mol. The summed E-state index contributed by atoms with van der Waals surface area (Å²) in [7, 11) is 0. The summed E-state index contributed by atoms with van der Waals surface area (Å²) in [6, 6.07) is 4.32. The Morgan fingerprint density at radius 1 is 1.26 bits per heavy atom. The molecule has 0 saturated heterocycles. The maximum Gasteiger partial charge on any atom is 0.319 e. The highest BCUT2D eigenvalue weighted by Gasteiger charge is 2.40. The molecule has 1 aromatic carbocycles. The van der Waals surface area contributed by atoms with Gasteiger partial charge in [-0.3, -0.25) is 0 Å². The number of benzene rings is 1. The fourth-order valence-corrected chi connectivity index (χ4v) is 1.76. The Hall–Kier alpha value is -0.560. The van der Waals surface area contributed by atoms with Crippen LogP contribution in [0.4, 0.5) is 17.6 Å². The standard InChI is InChI=1S/C11H11Cl2F4NO/c12-6-1-2-8(13)7(3-6)9(19)4-18-5-11(16,17)10(14)15/h1-3,9-10,18-19H,4-5H2. The maximum absolute atomic E-state index is 12.6.